The lowest BCUT2D eigenvalue weighted by molar-refractivity contribution is -0.109. The summed E-state index contributed by atoms with van der Waals surface area (Å²) < 4.78 is -0.276. The Bertz CT molecular complexity index is 99.4. The predicted molar refractivity (Wildman–Crippen MR) is 47.5 cm³/mol. The van der Waals surface area contributed by atoms with Gasteiger partial charge in [0.2, 0.25) is 0 Å². The van der Waals surface area contributed by atoms with Gasteiger partial charge in [0.1, 0.15) is 6.29 Å². The summed E-state index contributed by atoms with van der Waals surface area (Å²) >= 11 is 3.34. The van der Waals surface area contributed by atoms with Gasteiger partial charge < -0.3 is 4.79 Å². The summed E-state index contributed by atoms with van der Waals surface area (Å²) in [5, 5.41) is 0. The van der Waals surface area contributed by atoms with Gasteiger partial charge in [-0.1, -0.05) is 42.1 Å². The lowest BCUT2D eigenvalue weighted by Crippen LogP contribution is -2.16. The minimum absolute atomic E-state index is 0.276. The fourth-order valence-electron chi connectivity index (χ4n) is 0.780. The summed E-state index contributed by atoms with van der Waals surface area (Å²) in [5.41, 5.74) is 0. The average molecular weight is 207 g/mol. The van der Waals surface area contributed by atoms with Crippen LogP contribution < -0.4 is 0 Å². The number of rotatable bonds is 5. The zero-order valence-corrected chi connectivity index (χ0v) is 8.28. The maximum atomic E-state index is 10.4. The van der Waals surface area contributed by atoms with E-state index in [4.69, 9.17) is 0 Å². The van der Waals surface area contributed by atoms with Gasteiger partial charge >= 0.3 is 0 Å². The van der Waals surface area contributed by atoms with Crippen LogP contribution in [0.3, 0.4) is 0 Å². The Kier molecular flexibility index (Phi) is 4.96. The van der Waals surface area contributed by atoms with Crippen LogP contribution in [0, 0.1) is 0 Å². The number of halogens is 1. The van der Waals surface area contributed by atoms with E-state index in [1.165, 1.54) is 12.8 Å². The SMILES string of the molecule is CCCCCC(C)(Br)C=O. The molecule has 0 spiro atoms. The van der Waals surface area contributed by atoms with Crippen molar-refractivity contribution in [1.29, 1.82) is 0 Å². The number of carbonyl (C=O) groups excluding carboxylic acids is 1. The Morgan fingerprint density at radius 3 is 2.50 bits per heavy atom. The first-order valence-corrected chi connectivity index (χ1v) is 4.57. The highest BCUT2D eigenvalue weighted by atomic mass is 79.9. The van der Waals surface area contributed by atoms with Crippen LogP contribution in [-0.4, -0.2) is 10.6 Å². The summed E-state index contributed by atoms with van der Waals surface area (Å²) in [6, 6.07) is 0. The lowest BCUT2D eigenvalue weighted by atomic mass is 10.1. The molecule has 0 aromatic heterocycles. The van der Waals surface area contributed by atoms with Gasteiger partial charge in [-0.05, 0) is 13.3 Å². The van der Waals surface area contributed by atoms with Crippen molar-refractivity contribution in [3.05, 3.63) is 0 Å². The first-order chi connectivity index (χ1) is 4.62. The molecular weight excluding hydrogens is 192 g/mol. The fourth-order valence-corrected chi connectivity index (χ4v) is 1.06. The molecule has 0 bridgehead atoms. The Balaban J connectivity index is 3.37. The van der Waals surface area contributed by atoms with Crippen molar-refractivity contribution in [2.75, 3.05) is 0 Å². The van der Waals surface area contributed by atoms with Gasteiger partial charge in [-0.25, -0.2) is 0 Å². The smallest absolute Gasteiger partial charge is 0.136 e. The molecular formula is C8H15BrO. The molecule has 1 unspecified atom stereocenters. The second-order valence-electron chi connectivity index (χ2n) is 2.85. The van der Waals surface area contributed by atoms with E-state index in [0.29, 0.717) is 0 Å². The summed E-state index contributed by atoms with van der Waals surface area (Å²) in [7, 11) is 0. The molecule has 10 heavy (non-hydrogen) atoms. The fraction of sp³-hybridized carbons (Fsp3) is 0.875. The van der Waals surface area contributed by atoms with E-state index >= 15 is 0 Å². The lowest BCUT2D eigenvalue weighted by Gasteiger charge is -2.12. The first-order valence-electron chi connectivity index (χ1n) is 3.77. The van der Waals surface area contributed by atoms with E-state index in [-0.39, 0.29) is 4.32 Å². The second-order valence-corrected chi connectivity index (χ2v) is 4.66. The largest absolute Gasteiger partial charge is 0.302 e. The topological polar surface area (TPSA) is 17.1 Å². The third kappa shape index (κ3) is 4.98. The molecule has 0 rings (SSSR count). The normalized spacial score (nSPS) is 16.3. The highest BCUT2D eigenvalue weighted by Gasteiger charge is 2.17. The number of hydrogen-bond acceptors (Lipinski definition) is 1. The summed E-state index contributed by atoms with van der Waals surface area (Å²) in [5.74, 6) is 0. The quantitative estimate of drug-likeness (QED) is 0.385. The number of aldehydes is 1. The molecule has 0 aromatic carbocycles. The Morgan fingerprint density at radius 1 is 1.50 bits per heavy atom. The molecule has 0 N–H and O–H groups in total. The van der Waals surface area contributed by atoms with Crippen molar-refractivity contribution in [1.82, 2.24) is 0 Å². The third-order valence-electron chi connectivity index (χ3n) is 1.51. The van der Waals surface area contributed by atoms with Crippen LogP contribution in [0.5, 0.6) is 0 Å². The van der Waals surface area contributed by atoms with E-state index in [9.17, 15) is 4.79 Å². The highest BCUT2D eigenvalue weighted by molar-refractivity contribution is 9.10. The number of alkyl halides is 1. The van der Waals surface area contributed by atoms with Crippen molar-refractivity contribution in [2.45, 2.75) is 43.9 Å². The molecule has 1 nitrogen and oxygen atoms in total. The Morgan fingerprint density at radius 2 is 2.10 bits per heavy atom. The number of hydrogen-bond donors (Lipinski definition) is 0. The molecule has 0 saturated carbocycles. The minimum atomic E-state index is -0.276. The van der Waals surface area contributed by atoms with Crippen molar-refractivity contribution in [2.24, 2.45) is 0 Å². The third-order valence-corrected chi connectivity index (χ3v) is 2.10. The zero-order valence-electron chi connectivity index (χ0n) is 6.69. The van der Waals surface area contributed by atoms with E-state index in [2.05, 4.69) is 22.9 Å². The molecule has 0 aliphatic rings. The van der Waals surface area contributed by atoms with Crippen molar-refractivity contribution in [3.8, 4) is 0 Å². The maximum absolute atomic E-state index is 10.4. The Labute approximate surface area is 71.3 Å². The standard InChI is InChI=1S/C8H15BrO/c1-3-4-5-6-8(2,9)7-10/h7H,3-6H2,1-2H3. The first kappa shape index (κ1) is 10.2. The van der Waals surface area contributed by atoms with Gasteiger partial charge in [-0.3, -0.25) is 0 Å². The average Bonchev–Trinajstić information content (AvgIpc) is 1.89. The van der Waals surface area contributed by atoms with Gasteiger partial charge in [-0.15, -0.1) is 0 Å². The molecule has 0 aromatic rings. The van der Waals surface area contributed by atoms with Gasteiger partial charge in [0.25, 0.3) is 0 Å². The molecule has 0 amide bonds. The van der Waals surface area contributed by atoms with Crippen LogP contribution in [-0.2, 0) is 4.79 Å². The van der Waals surface area contributed by atoms with Gasteiger partial charge in [0, 0.05) is 0 Å². The molecule has 0 saturated heterocycles. The van der Waals surface area contributed by atoms with Crippen LogP contribution in [0.2, 0.25) is 0 Å². The van der Waals surface area contributed by atoms with Crippen LogP contribution in [0.15, 0.2) is 0 Å². The summed E-state index contributed by atoms with van der Waals surface area (Å²) in [4.78, 5) is 10.4. The minimum Gasteiger partial charge on any atom is -0.302 e. The summed E-state index contributed by atoms with van der Waals surface area (Å²) in [6.07, 6.45) is 5.49. The molecule has 0 aliphatic heterocycles. The highest BCUT2D eigenvalue weighted by Crippen LogP contribution is 2.21. The molecule has 0 fully saturated rings. The predicted octanol–water partition coefficient (Wildman–Crippen LogP) is 2.92. The monoisotopic (exact) mass is 206 g/mol. The second kappa shape index (κ2) is 4.89. The van der Waals surface area contributed by atoms with E-state index in [0.717, 1.165) is 19.1 Å². The number of unbranched alkanes of at least 4 members (excludes halogenated alkanes) is 2. The van der Waals surface area contributed by atoms with Crippen molar-refractivity contribution >= 4 is 22.2 Å². The molecule has 2 heteroatoms. The van der Waals surface area contributed by atoms with Crippen molar-refractivity contribution in [3.63, 3.8) is 0 Å². The maximum Gasteiger partial charge on any atom is 0.136 e. The zero-order chi connectivity index (χ0) is 8.04. The number of carbonyl (C=O) groups is 1. The molecule has 0 aliphatic carbocycles. The van der Waals surface area contributed by atoms with Gasteiger partial charge in [0.15, 0.2) is 0 Å². The van der Waals surface area contributed by atoms with Gasteiger partial charge in [-0.2, -0.15) is 0 Å². The van der Waals surface area contributed by atoms with E-state index < -0.39 is 0 Å². The van der Waals surface area contributed by atoms with E-state index in [1.807, 2.05) is 6.92 Å². The van der Waals surface area contributed by atoms with Crippen molar-refractivity contribution < 1.29 is 4.79 Å². The molecule has 0 heterocycles. The van der Waals surface area contributed by atoms with Crippen LogP contribution >= 0.6 is 15.9 Å². The van der Waals surface area contributed by atoms with Crippen LogP contribution in [0.25, 0.3) is 0 Å². The Hall–Kier alpha value is 0.150. The van der Waals surface area contributed by atoms with Crippen LogP contribution in [0.1, 0.15) is 39.5 Å². The molecule has 1 atom stereocenters. The molecule has 60 valence electrons. The molecule has 0 radical (unpaired) electrons. The van der Waals surface area contributed by atoms with Gasteiger partial charge in [0.05, 0.1) is 4.32 Å². The van der Waals surface area contributed by atoms with E-state index in [1.54, 1.807) is 0 Å². The van der Waals surface area contributed by atoms with Crippen LogP contribution in [0.4, 0.5) is 0 Å². The summed E-state index contributed by atoms with van der Waals surface area (Å²) in [6.45, 7) is 4.07.